The van der Waals surface area contributed by atoms with Crippen LogP contribution in [0, 0.1) is 0 Å². The van der Waals surface area contributed by atoms with Crippen molar-refractivity contribution in [1.82, 2.24) is 0 Å². The Balaban J connectivity index is 2.86. The number of hydrogen-bond donors (Lipinski definition) is 0. The summed E-state index contributed by atoms with van der Waals surface area (Å²) in [5.74, 6) is 0. The molecule has 0 aromatic heterocycles. The van der Waals surface area contributed by atoms with Crippen LogP contribution in [0.2, 0.25) is 0 Å². The van der Waals surface area contributed by atoms with E-state index < -0.39 is 15.2 Å². The first-order valence-electron chi connectivity index (χ1n) is 9.45. The number of rotatable bonds is 14. The second-order valence-electron chi connectivity index (χ2n) is 5.88. The average Bonchev–Trinajstić information content (AvgIpc) is 2.62. The zero-order valence-corrected chi connectivity index (χ0v) is 21.9. The van der Waals surface area contributed by atoms with Gasteiger partial charge in [0.2, 0.25) is 0 Å². The minimum absolute atomic E-state index is 0.308. The van der Waals surface area contributed by atoms with Gasteiger partial charge < -0.3 is 18.1 Å². The predicted octanol–water partition coefficient (Wildman–Crippen LogP) is 6.83. The molecule has 0 saturated carbocycles. The smallest absolute Gasteiger partial charge is 0.309 e. The average molecular weight is 564 g/mol. The largest absolute Gasteiger partial charge is 0.330 e. The van der Waals surface area contributed by atoms with Crippen LogP contribution in [0.25, 0.3) is 0 Å². The fourth-order valence-corrected chi connectivity index (χ4v) is 7.09. The lowest BCUT2D eigenvalue weighted by Gasteiger charge is -2.19. The molecule has 0 fully saturated rings. The summed E-state index contributed by atoms with van der Waals surface area (Å²) in [5, 5.41) is 0. The van der Waals surface area contributed by atoms with Crippen molar-refractivity contribution < 1.29 is 27.2 Å². The van der Waals surface area contributed by atoms with E-state index in [1.165, 1.54) is 0 Å². The predicted molar refractivity (Wildman–Crippen MR) is 121 cm³/mol. The number of hydrogen-bond acceptors (Lipinski definition) is 6. The van der Waals surface area contributed by atoms with E-state index >= 15 is 0 Å². The van der Waals surface area contributed by atoms with Crippen molar-refractivity contribution in [2.24, 2.45) is 0 Å². The van der Waals surface area contributed by atoms with Crippen LogP contribution in [0.4, 0.5) is 0 Å². The Morgan fingerprint density at radius 3 is 1.21 bits per heavy atom. The first-order chi connectivity index (χ1) is 13.2. The molecule has 0 N–H and O–H groups in total. The molecule has 28 heavy (non-hydrogen) atoms. The maximum atomic E-state index is 12.7. The van der Waals surface area contributed by atoms with Crippen molar-refractivity contribution in [1.29, 1.82) is 0 Å². The molecule has 0 radical (unpaired) electrons. The maximum absolute atomic E-state index is 12.7. The molecule has 0 aliphatic heterocycles. The third-order valence-corrected chi connectivity index (χ3v) is 9.45. The topological polar surface area (TPSA) is 71.1 Å². The molecule has 1 aromatic carbocycles. The van der Waals surface area contributed by atoms with Crippen LogP contribution in [0.15, 0.2) is 21.1 Å². The molecule has 10 heteroatoms. The highest BCUT2D eigenvalue weighted by atomic mass is 79.9. The second-order valence-corrected chi connectivity index (χ2v) is 12.0. The molecule has 162 valence electrons. The van der Waals surface area contributed by atoms with Gasteiger partial charge in [-0.25, -0.2) is 0 Å². The molecule has 1 aromatic rings. The number of aryl methyl sites for hydroxylation is 2. The highest BCUT2D eigenvalue weighted by Crippen LogP contribution is 2.50. The van der Waals surface area contributed by atoms with Gasteiger partial charge in [-0.15, -0.1) is 0 Å². The Labute approximate surface area is 185 Å². The van der Waals surface area contributed by atoms with Crippen molar-refractivity contribution in [2.45, 2.75) is 40.5 Å². The van der Waals surface area contributed by atoms with Crippen LogP contribution in [0.3, 0.4) is 0 Å². The zero-order chi connectivity index (χ0) is 21.2. The summed E-state index contributed by atoms with van der Waals surface area (Å²) >= 11 is 7.17. The van der Waals surface area contributed by atoms with Gasteiger partial charge in [0.15, 0.2) is 0 Å². The van der Waals surface area contributed by atoms with Crippen LogP contribution in [0.5, 0.6) is 0 Å². The summed E-state index contributed by atoms with van der Waals surface area (Å²) in [5.41, 5.74) is 1.99. The van der Waals surface area contributed by atoms with E-state index in [2.05, 4.69) is 31.9 Å². The molecular weight excluding hydrogens is 534 g/mol. The molecule has 1 rings (SSSR count). The van der Waals surface area contributed by atoms with Crippen molar-refractivity contribution in [3.63, 3.8) is 0 Å². The molecule has 0 atom stereocenters. The fourth-order valence-electron chi connectivity index (χ4n) is 2.65. The molecular formula is C18H30Br2O6P2. The molecule has 0 spiro atoms. The first kappa shape index (κ1) is 26.5. The lowest BCUT2D eigenvalue weighted by Crippen LogP contribution is -2.05. The second kappa shape index (κ2) is 13.0. The van der Waals surface area contributed by atoms with Gasteiger partial charge in [0.05, 0.1) is 38.8 Å². The van der Waals surface area contributed by atoms with Gasteiger partial charge in [-0.05, 0) is 63.8 Å². The van der Waals surface area contributed by atoms with E-state index in [9.17, 15) is 9.13 Å². The zero-order valence-electron chi connectivity index (χ0n) is 16.9. The van der Waals surface area contributed by atoms with Gasteiger partial charge in [0, 0.05) is 8.95 Å². The van der Waals surface area contributed by atoms with E-state index in [1.807, 2.05) is 12.1 Å². The van der Waals surface area contributed by atoms with E-state index in [0.717, 1.165) is 20.1 Å². The minimum atomic E-state index is -3.09. The highest BCUT2D eigenvalue weighted by Gasteiger charge is 2.25. The molecule has 0 unspecified atom stereocenters. The monoisotopic (exact) mass is 562 g/mol. The van der Waals surface area contributed by atoms with Gasteiger partial charge in [-0.1, -0.05) is 31.9 Å². The summed E-state index contributed by atoms with van der Waals surface area (Å²) in [4.78, 5) is 0. The SMILES string of the molecule is CCOP(=O)(CCc1cc(Br)c(CCP(=O)(OCC)OCC)cc1Br)OCC. The van der Waals surface area contributed by atoms with Crippen molar-refractivity contribution >= 4 is 47.1 Å². The lowest BCUT2D eigenvalue weighted by atomic mass is 10.1. The van der Waals surface area contributed by atoms with Gasteiger partial charge in [0.1, 0.15) is 0 Å². The van der Waals surface area contributed by atoms with Crippen molar-refractivity contribution in [3.05, 3.63) is 32.2 Å². The van der Waals surface area contributed by atoms with Crippen LogP contribution in [-0.2, 0) is 40.1 Å². The summed E-state index contributed by atoms with van der Waals surface area (Å²) in [7, 11) is -6.18. The molecule has 0 saturated heterocycles. The molecule has 6 nitrogen and oxygen atoms in total. The molecule has 0 bridgehead atoms. The first-order valence-corrected chi connectivity index (χ1v) is 14.5. The third-order valence-electron chi connectivity index (χ3n) is 3.83. The summed E-state index contributed by atoms with van der Waals surface area (Å²) in [6, 6.07) is 3.96. The Morgan fingerprint density at radius 2 is 0.964 bits per heavy atom. The van der Waals surface area contributed by atoms with Crippen LogP contribution >= 0.6 is 47.1 Å². The van der Waals surface area contributed by atoms with E-state index in [-0.39, 0.29) is 0 Å². The minimum Gasteiger partial charge on any atom is -0.309 e. The maximum Gasteiger partial charge on any atom is 0.330 e. The molecule has 0 aliphatic rings. The van der Waals surface area contributed by atoms with Gasteiger partial charge >= 0.3 is 15.2 Å². The van der Waals surface area contributed by atoms with Crippen LogP contribution < -0.4 is 0 Å². The van der Waals surface area contributed by atoms with Gasteiger partial charge in [-0.2, -0.15) is 0 Å². The van der Waals surface area contributed by atoms with Crippen LogP contribution in [0.1, 0.15) is 38.8 Å². The summed E-state index contributed by atoms with van der Waals surface area (Å²) in [6.07, 6.45) is 1.71. The van der Waals surface area contributed by atoms with E-state index in [4.69, 9.17) is 18.1 Å². The van der Waals surface area contributed by atoms with E-state index in [1.54, 1.807) is 27.7 Å². The van der Waals surface area contributed by atoms with Crippen molar-refractivity contribution in [2.75, 3.05) is 38.8 Å². The van der Waals surface area contributed by atoms with Crippen LogP contribution in [-0.4, -0.2) is 38.8 Å². The number of benzene rings is 1. The third kappa shape index (κ3) is 8.69. The Kier molecular flexibility index (Phi) is 12.3. The van der Waals surface area contributed by atoms with Gasteiger partial charge in [0.25, 0.3) is 0 Å². The Morgan fingerprint density at radius 1 is 0.679 bits per heavy atom. The molecule has 0 heterocycles. The van der Waals surface area contributed by atoms with E-state index in [0.29, 0.717) is 51.6 Å². The Bertz CT molecular complexity index is 634. The molecule has 0 amide bonds. The number of halogens is 2. The van der Waals surface area contributed by atoms with Gasteiger partial charge in [-0.3, -0.25) is 9.13 Å². The standard InChI is InChI=1S/C18H30Br2O6P2/c1-5-23-27(21,24-6-2)11-9-15-13-18(20)16(14-17(15)19)10-12-28(22,25-7-3)26-8-4/h13-14H,5-12H2,1-4H3. The highest BCUT2D eigenvalue weighted by molar-refractivity contribution is 9.11. The fraction of sp³-hybridized carbons (Fsp3) is 0.667. The quantitative estimate of drug-likeness (QED) is 0.231. The summed E-state index contributed by atoms with van der Waals surface area (Å²) in [6.45, 7) is 8.60. The summed E-state index contributed by atoms with van der Waals surface area (Å²) < 4.78 is 48.5. The molecule has 0 aliphatic carbocycles. The van der Waals surface area contributed by atoms with Crippen molar-refractivity contribution in [3.8, 4) is 0 Å². The normalized spacial score (nSPS) is 12.5. The Hall–Kier alpha value is 0.480. The lowest BCUT2D eigenvalue weighted by molar-refractivity contribution is 0.219.